The number of carbonyl (C=O) groups is 1. The van der Waals surface area contributed by atoms with Crippen LogP contribution in [0.4, 0.5) is 5.69 Å². The normalized spacial score (nSPS) is 10.7. The van der Waals surface area contributed by atoms with Gasteiger partial charge < -0.3 is 4.52 Å². The van der Waals surface area contributed by atoms with Crippen molar-refractivity contribution in [1.82, 2.24) is 10.1 Å². The van der Waals surface area contributed by atoms with E-state index >= 15 is 0 Å². The van der Waals surface area contributed by atoms with Crippen LogP contribution in [0.1, 0.15) is 15.9 Å². The quantitative estimate of drug-likeness (QED) is 0.257. The van der Waals surface area contributed by atoms with Crippen LogP contribution < -0.4 is 0 Å². The van der Waals surface area contributed by atoms with E-state index < -0.39 is 4.92 Å². The maximum atomic E-state index is 12.9. The maximum Gasteiger partial charge on any atom is 0.269 e. The van der Waals surface area contributed by atoms with E-state index in [9.17, 15) is 14.9 Å². The van der Waals surface area contributed by atoms with E-state index in [0.717, 1.165) is 0 Å². The summed E-state index contributed by atoms with van der Waals surface area (Å²) in [5, 5.41) is 15.3. The number of nitro groups is 1. The highest BCUT2D eigenvalue weighted by Crippen LogP contribution is 2.28. The predicted octanol–water partition coefficient (Wildman–Crippen LogP) is 5.20. The Morgan fingerprint density at radius 3 is 2.34 bits per heavy atom. The molecule has 1 heterocycles. The Morgan fingerprint density at radius 1 is 0.966 bits per heavy atom. The molecule has 0 aliphatic rings. The summed E-state index contributed by atoms with van der Waals surface area (Å²) in [5.74, 6) is 0.243. The van der Waals surface area contributed by atoms with Crippen molar-refractivity contribution in [3.05, 3.63) is 99.1 Å². The molecule has 0 aliphatic carbocycles. The molecule has 0 saturated carbocycles. The van der Waals surface area contributed by atoms with E-state index in [1.54, 1.807) is 48.5 Å². The zero-order chi connectivity index (χ0) is 20.4. The second kappa shape index (κ2) is 7.65. The van der Waals surface area contributed by atoms with E-state index in [1.165, 1.54) is 24.3 Å². The number of hydrogen-bond donors (Lipinski definition) is 0. The van der Waals surface area contributed by atoms with Crippen LogP contribution in [0.3, 0.4) is 0 Å². The first-order valence-corrected chi connectivity index (χ1v) is 8.89. The molecule has 0 fully saturated rings. The topological polar surface area (TPSA) is 99.1 Å². The monoisotopic (exact) mass is 405 g/mol. The van der Waals surface area contributed by atoms with Crippen LogP contribution in [-0.4, -0.2) is 20.8 Å². The molecule has 0 saturated heterocycles. The van der Waals surface area contributed by atoms with Gasteiger partial charge in [-0.15, -0.1) is 0 Å². The first kappa shape index (κ1) is 18.5. The number of nitrogens with zero attached hydrogens (tertiary/aromatic N) is 3. The molecule has 8 heteroatoms. The number of benzene rings is 3. The standard InChI is InChI=1S/C21H12ClN3O4/c22-15-9-5-13(6-10-15)19(26)17-3-1-2-4-18(17)21-23-20(24-29-21)14-7-11-16(12-8-14)25(27)28/h1-12H. The second-order valence-electron chi connectivity index (χ2n) is 6.11. The molecule has 0 aliphatic heterocycles. The van der Waals surface area contributed by atoms with Crippen molar-refractivity contribution in [2.24, 2.45) is 0 Å². The van der Waals surface area contributed by atoms with Gasteiger partial charge in [0.25, 0.3) is 11.6 Å². The summed E-state index contributed by atoms with van der Waals surface area (Å²) < 4.78 is 5.36. The lowest BCUT2D eigenvalue weighted by molar-refractivity contribution is -0.384. The summed E-state index contributed by atoms with van der Waals surface area (Å²) in [6.07, 6.45) is 0. The summed E-state index contributed by atoms with van der Waals surface area (Å²) in [6, 6.07) is 19.3. The Bertz CT molecular complexity index is 1200. The van der Waals surface area contributed by atoms with Crippen LogP contribution in [0.2, 0.25) is 5.02 Å². The Hall–Kier alpha value is -3.84. The fraction of sp³-hybridized carbons (Fsp3) is 0. The fourth-order valence-electron chi connectivity index (χ4n) is 2.81. The van der Waals surface area contributed by atoms with Crippen molar-refractivity contribution in [3.63, 3.8) is 0 Å². The van der Waals surface area contributed by atoms with Crippen LogP contribution in [0.25, 0.3) is 22.8 Å². The first-order valence-electron chi connectivity index (χ1n) is 8.51. The van der Waals surface area contributed by atoms with Crippen LogP contribution in [0.5, 0.6) is 0 Å². The maximum absolute atomic E-state index is 12.9. The lowest BCUT2D eigenvalue weighted by Crippen LogP contribution is -2.03. The summed E-state index contributed by atoms with van der Waals surface area (Å²) in [5.41, 5.74) is 1.92. The van der Waals surface area contributed by atoms with Gasteiger partial charge in [-0.25, -0.2) is 0 Å². The van der Waals surface area contributed by atoms with Gasteiger partial charge in [0.2, 0.25) is 5.82 Å². The molecule has 0 bridgehead atoms. The molecule has 0 atom stereocenters. The minimum absolute atomic E-state index is 0.0311. The van der Waals surface area contributed by atoms with Crippen molar-refractivity contribution < 1.29 is 14.2 Å². The van der Waals surface area contributed by atoms with Gasteiger partial charge in [-0.05, 0) is 42.5 Å². The molecule has 3 aromatic carbocycles. The van der Waals surface area contributed by atoms with Crippen LogP contribution >= 0.6 is 11.6 Å². The third kappa shape index (κ3) is 3.76. The second-order valence-corrected chi connectivity index (χ2v) is 6.55. The van der Waals surface area contributed by atoms with E-state index in [2.05, 4.69) is 10.1 Å². The van der Waals surface area contributed by atoms with Crippen LogP contribution in [-0.2, 0) is 0 Å². The van der Waals surface area contributed by atoms with Gasteiger partial charge in [-0.1, -0.05) is 35.0 Å². The highest BCUT2D eigenvalue weighted by molar-refractivity contribution is 6.30. The molecule has 0 spiro atoms. The molecular formula is C21H12ClN3O4. The van der Waals surface area contributed by atoms with Crippen molar-refractivity contribution in [3.8, 4) is 22.8 Å². The molecule has 4 aromatic rings. The van der Waals surface area contributed by atoms with Crippen molar-refractivity contribution >= 4 is 23.1 Å². The van der Waals surface area contributed by atoms with Gasteiger partial charge in [0.1, 0.15) is 0 Å². The number of ketones is 1. The van der Waals surface area contributed by atoms with Gasteiger partial charge in [0.15, 0.2) is 5.78 Å². The third-order valence-corrected chi connectivity index (χ3v) is 4.52. The number of nitro benzene ring substituents is 1. The highest BCUT2D eigenvalue weighted by atomic mass is 35.5. The minimum Gasteiger partial charge on any atom is -0.334 e. The SMILES string of the molecule is O=C(c1ccc(Cl)cc1)c1ccccc1-c1nc(-c2ccc([N+](=O)[O-])cc2)no1. The molecule has 7 nitrogen and oxygen atoms in total. The Morgan fingerprint density at radius 2 is 1.66 bits per heavy atom. The Kier molecular flexibility index (Phi) is 4.88. The number of halogens is 1. The average molecular weight is 406 g/mol. The summed E-state index contributed by atoms with van der Waals surface area (Å²) in [6.45, 7) is 0. The van der Waals surface area contributed by atoms with E-state index in [1.807, 2.05) is 0 Å². The predicted molar refractivity (Wildman–Crippen MR) is 107 cm³/mol. The van der Waals surface area contributed by atoms with E-state index in [4.69, 9.17) is 16.1 Å². The zero-order valence-electron chi connectivity index (χ0n) is 14.8. The third-order valence-electron chi connectivity index (χ3n) is 4.27. The summed E-state index contributed by atoms with van der Waals surface area (Å²) in [7, 11) is 0. The van der Waals surface area contributed by atoms with Gasteiger partial charge in [0, 0.05) is 33.8 Å². The highest BCUT2D eigenvalue weighted by Gasteiger charge is 2.19. The number of rotatable bonds is 5. The van der Waals surface area contributed by atoms with Crippen molar-refractivity contribution in [1.29, 1.82) is 0 Å². The number of hydrogen-bond acceptors (Lipinski definition) is 6. The van der Waals surface area contributed by atoms with Gasteiger partial charge in [-0.3, -0.25) is 14.9 Å². The molecule has 0 unspecified atom stereocenters. The van der Waals surface area contributed by atoms with Crippen molar-refractivity contribution in [2.75, 3.05) is 0 Å². The first-order chi connectivity index (χ1) is 14.0. The van der Waals surface area contributed by atoms with Crippen LogP contribution in [0.15, 0.2) is 77.3 Å². The van der Waals surface area contributed by atoms with Gasteiger partial charge >= 0.3 is 0 Å². The lowest BCUT2D eigenvalue weighted by Gasteiger charge is -2.05. The molecular weight excluding hydrogens is 394 g/mol. The van der Waals surface area contributed by atoms with E-state index in [-0.39, 0.29) is 23.2 Å². The molecule has 29 heavy (non-hydrogen) atoms. The van der Waals surface area contributed by atoms with Crippen LogP contribution in [0, 0.1) is 10.1 Å². The molecule has 0 amide bonds. The zero-order valence-corrected chi connectivity index (χ0v) is 15.5. The fourth-order valence-corrected chi connectivity index (χ4v) is 2.93. The minimum atomic E-state index is -0.482. The number of aromatic nitrogens is 2. The number of carbonyl (C=O) groups excluding carboxylic acids is 1. The Balaban J connectivity index is 1.69. The smallest absolute Gasteiger partial charge is 0.269 e. The molecule has 4 rings (SSSR count). The lowest BCUT2D eigenvalue weighted by atomic mass is 9.98. The van der Waals surface area contributed by atoms with Gasteiger partial charge in [-0.2, -0.15) is 4.98 Å². The average Bonchev–Trinajstić information content (AvgIpc) is 3.24. The summed E-state index contributed by atoms with van der Waals surface area (Å²) >= 11 is 5.90. The number of non-ortho nitro benzene ring substituents is 1. The largest absolute Gasteiger partial charge is 0.334 e. The van der Waals surface area contributed by atoms with Crippen molar-refractivity contribution in [2.45, 2.75) is 0 Å². The molecule has 1 aromatic heterocycles. The molecule has 0 N–H and O–H groups in total. The summed E-state index contributed by atoms with van der Waals surface area (Å²) in [4.78, 5) is 27.6. The van der Waals surface area contributed by atoms with E-state index in [0.29, 0.717) is 27.3 Å². The Labute approximate surface area is 169 Å². The van der Waals surface area contributed by atoms with Gasteiger partial charge in [0.05, 0.1) is 10.5 Å². The molecule has 142 valence electrons. The molecule has 0 radical (unpaired) electrons.